The molecular formula is C2H10N4O. The molecule has 0 amide bonds. The molecule has 0 bridgehead atoms. The van der Waals surface area contributed by atoms with Crippen molar-refractivity contribution in [2.75, 3.05) is 13.1 Å². The summed E-state index contributed by atoms with van der Waals surface area (Å²) in [4.78, 5) is 4.27. The Morgan fingerprint density at radius 3 is 2.71 bits per heavy atom. The SMILES string of the molecule is NCCNONN. The highest BCUT2D eigenvalue weighted by Crippen LogP contribution is 1.47. The second kappa shape index (κ2) is 5.80. The Hall–Kier alpha value is -0.200. The summed E-state index contributed by atoms with van der Waals surface area (Å²) < 4.78 is 0. The van der Waals surface area contributed by atoms with Gasteiger partial charge in [0.1, 0.15) is 0 Å². The van der Waals surface area contributed by atoms with Crippen LogP contribution in [0.1, 0.15) is 0 Å². The van der Waals surface area contributed by atoms with Crippen LogP contribution in [0.2, 0.25) is 0 Å². The molecule has 5 nitrogen and oxygen atoms in total. The van der Waals surface area contributed by atoms with Gasteiger partial charge in [0.25, 0.3) is 0 Å². The van der Waals surface area contributed by atoms with Crippen LogP contribution in [-0.4, -0.2) is 13.1 Å². The minimum Gasteiger partial charge on any atom is -0.329 e. The average Bonchev–Trinajstić information content (AvgIpc) is 1.69. The molecule has 0 saturated carbocycles. The summed E-state index contributed by atoms with van der Waals surface area (Å²) in [6, 6.07) is 0. The van der Waals surface area contributed by atoms with E-state index in [4.69, 9.17) is 11.6 Å². The summed E-state index contributed by atoms with van der Waals surface area (Å²) in [6.07, 6.45) is 0. The summed E-state index contributed by atoms with van der Waals surface area (Å²) >= 11 is 0. The predicted molar refractivity (Wildman–Crippen MR) is 25.5 cm³/mol. The third-order valence-corrected chi connectivity index (χ3v) is 0.377. The topological polar surface area (TPSA) is 85.3 Å². The standard InChI is InChI=1S/C2H10N4O/c3-1-2-5-7-6-4/h5-6H,1-4H2. The number of nitrogens with one attached hydrogen (secondary N) is 2. The van der Waals surface area contributed by atoms with Gasteiger partial charge in [-0.15, -0.1) is 5.59 Å². The molecule has 0 spiro atoms. The highest BCUT2D eigenvalue weighted by atomic mass is 16.8. The number of hydroxylamine groups is 1. The third kappa shape index (κ3) is 5.80. The first-order chi connectivity index (χ1) is 3.41. The summed E-state index contributed by atoms with van der Waals surface area (Å²) in [6.45, 7) is 1.12. The smallest absolute Gasteiger partial charge is 0.0352 e. The van der Waals surface area contributed by atoms with Crippen LogP contribution < -0.4 is 22.6 Å². The molecule has 0 rings (SSSR count). The van der Waals surface area contributed by atoms with Crippen molar-refractivity contribution < 1.29 is 4.94 Å². The molecular weight excluding hydrogens is 96.0 g/mol. The van der Waals surface area contributed by atoms with Gasteiger partial charge in [-0.05, 0) is 0 Å². The van der Waals surface area contributed by atoms with Gasteiger partial charge >= 0.3 is 0 Å². The predicted octanol–water partition coefficient (Wildman–Crippen LogP) is -2.16. The highest BCUT2D eigenvalue weighted by molar-refractivity contribution is 4.29. The van der Waals surface area contributed by atoms with E-state index in [1.165, 1.54) is 0 Å². The number of hydrogen-bond donors (Lipinski definition) is 4. The monoisotopic (exact) mass is 106 g/mol. The van der Waals surface area contributed by atoms with Crippen LogP contribution in [0.25, 0.3) is 0 Å². The maximum absolute atomic E-state index is 5.06. The average molecular weight is 106 g/mol. The number of hydrazine groups is 1. The Balaban J connectivity index is 2.45. The first-order valence-electron chi connectivity index (χ1n) is 1.96. The molecule has 6 N–H and O–H groups in total. The van der Waals surface area contributed by atoms with Crippen molar-refractivity contribution in [3.05, 3.63) is 0 Å². The van der Waals surface area contributed by atoms with Crippen LogP contribution in [0.4, 0.5) is 0 Å². The minimum absolute atomic E-state index is 0.529. The van der Waals surface area contributed by atoms with E-state index < -0.39 is 0 Å². The zero-order chi connectivity index (χ0) is 5.54. The number of nitrogens with two attached hydrogens (primary N) is 2. The minimum atomic E-state index is 0.529. The summed E-state index contributed by atoms with van der Waals surface area (Å²) in [5.74, 6) is 4.69. The van der Waals surface area contributed by atoms with Crippen molar-refractivity contribution in [2.45, 2.75) is 0 Å². The molecule has 44 valence electrons. The molecule has 0 fully saturated rings. The number of rotatable bonds is 4. The Bertz CT molecular complexity index is 28.9. The Morgan fingerprint density at radius 1 is 1.57 bits per heavy atom. The number of hydrogen-bond acceptors (Lipinski definition) is 5. The van der Waals surface area contributed by atoms with Crippen molar-refractivity contribution >= 4 is 0 Å². The molecule has 0 aliphatic heterocycles. The van der Waals surface area contributed by atoms with Gasteiger partial charge in [-0.3, -0.25) is 0 Å². The third-order valence-electron chi connectivity index (χ3n) is 0.377. The molecule has 5 heteroatoms. The maximum Gasteiger partial charge on any atom is 0.0352 e. The van der Waals surface area contributed by atoms with Crippen LogP contribution in [0.15, 0.2) is 0 Å². The van der Waals surface area contributed by atoms with Crippen LogP contribution >= 0.6 is 0 Å². The largest absolute Gasteiger partial charge is 0.329 e. The first-order valence-corrected chi connectivity index (χ1v) is 1.96. The van der Waals surface area contributed by atoms with E-state index in [9.17, 15) is 0 Å². The summed E-state index contributed by atoms with van der Waals surface area (Å²) in [7, 11) is 0. The van der Waals surface area contributed by atoms with Gasteiger partial charge in [0, 0.05) is 13.1 Å². The molecule has 0 saturated heterocycles. The molecule has 0 heterocycles. The van der Waals surface area contributed by atoms with Gasteiger partial charge < -0.3 is 5.73 Å². The van der Waals surface area contributed by atoms with Crippen molar-refractivity contribution in [3.63, 3.8) is 0 Å². The van der Waals surface area contributed by atoms with Crippen LogP contribution in [0.5, 0.6) is 0 Å². The van der Waals surface area contributed by atoms with Gasteiger partial charge in [-0.25, -0.2) is 5.84 Å². The molecule has 0 atom stereocenters. The summed E-state index contributed by atoms with van der Waals surface area (Å²) in [5.41, 5.74) is 9.42. The molecule has 0 unspecified atom stereocenters. The fraction of sp³-hybridized carbons (Fsp3) is 1.00. The molecule has 0 radical (unpaired) electrons. The molecule has 0 aromatic rings. The van der Waals surface area contributed by atoms with Gasteiger partial charge in [0.2, 0.25) is 0 Å². The maximum atomic E-state index is 5.06. The van der Waals surface area contributed by atoms with Crippen molar-refractivity contribution in [3.8, 4) is 0 Å². The fourth-order valence-corrected chi connectivity index (χ4v) is 0.152. The van der Waals surface area contributed by atoms with Crippen molar-refractivity contribution in [2.24, 2.45) is 11.6 Å². The zero-order valence-electron chi connectivity index (χ0n) is 3.98. The van der Waals surface area contributed by atoms with Gasteiger partial charge in [-0.2, -0.15) is 10.4 Å². The zero-order valence-corrected chi connectivity index (χ0v) is 3.98. The second-order valence-corrected chi connectivity index (χ2v) is 0.903. The molecule has 0 aromatic carbocycles. The lowest BCUT2D eigenvalue weighted by Crippen LogP contribution is -2.33. The van der Waals surface area contributed by atoms with E-state index in [0.717, 1.165) is 0 Å². The van der Waals surface area contributed by atoms with Crippen molar-refractivity contribution in [1.82, 2.24) is 11.1 Å². The Labute approximate surface area is 41.9 Å². The van der Waals surface area contributed by atoms with Crippen molar-refractivity contribution in [1.29, 1.82) is 0 Å². The van der Waals surface area contributed by atoms with E-state index >= 15 is 0 Å². The van der Waals surface area contributed by atoms with Gasteiger partial charge in [0.05, 0.1) is 0 Å². The lowest BCUT2D eigenvalue weighted by Gasteiger charge is -1.97. The van der Waals surface area contributed by atoms with E-state index in [1.807, 2.05) is 5.59 Å². The van der Waals surface area contributed by atoms with E-state index in [0.29, 0.717) is 13.1 Å². The molecule has 0 aromatic heterocycles. The summed E-state index contributed by atoms with van der Waals surface area (Å²) in [5, 5.41) is 0. The first kappa shape index (κ1) is 6.80. The van der Waals surface area contributed by atoms with E-state index in [2.05, 4.69) is 10.4 Å². The van der Waals surface area contributed by atoms with E-state index in [1.54, 1.807) is 0 Å². The molecule has 0 aliphatic rings. The second-order valence-electron chi connectivity index (χ2n) is 0.903. The van der Waals surface area contributed by atoms with Crippen LogP contribution in [0.3, 0.4) is 0 Å². The molecule has 0 aliphatic carbocycles. The highest BCUT2D eigenvalue weighted by Gasteiger charge is 1.75. The Morgan fingerprint density at radius 2 is 2.29 bits per heavy atom. The van der Waals surface area contributed by atoms with E-state index in [-0.39, 0.29) is 0 Å². The lowest BCUT2D eigenvalue weighted by molar-refractivity contribution is -0.0368. The normalized spacial score (nSPS) is 9.43. The lowest BCUT2D eigenvalue weighted by atomic mass is 10.7. The fourth-order valence-electron chi connectivity index (χ4n) is 0.152. The molecule has 7 heavy (non-hydrogen) atoms. The van der Waals surface area contributed by atoms with Gasteiger partial charge in [-0.1, -0.05) is 0 Å². The quantitative estimate of drug-likeness (QED) is 0.186. The van der Waals surface area contributed by atoms with Gasteiger partial charge in [0.15, 0.2) is 0 Å². The van der Waals surface area contributed by atoms with Crippen LogP contribution in [0, 0.1) is 0 Å². The Kier molecular flexibility index (Phi) is 5.63. The van der Waals surface area contributed by atoms with Crippen LogP contribution in [-0.2, 0) is 4.94 Å².